The number of nitrogens with zero attached hydrogens (tertiary/aromatic N) is 2. The number of rotatable bonds is 3. The Labute approximate surface area is 103 Å². The van der Waals surface area contributed by atoms with Gasteiger partial charge >= 0.3 is 0 Å². The molecule has 0 spiro atoms. The molecule has 0 aromatic carbocycles. The molecule has 2 aromatic rings. The molecule has 0 saturated heterocycles. The molecule has 0 aliphatic heterocycles. The highest BCUT2D eigenvalue weighted by molar-refractivity contribution is 9.10. The van der Waals surface area contributed by atoms with E-state index in [1.807, 2.05) is 24.4 Å². The van der Waals surface area contributed by atoms with Crippen LogP contribution in [0.4, 0.5) is 5.69 Å². The van der Waals surface area contributed by atoms with E-state index in [0.717, 1.165) is 22.5 Å². The summed E-state index contributed by atoms with van der Waals surface area (Å²) in [7, 11) is 0. The maximum absolute atomic E-state index is 4.32. The number of hydrogen-bond donors (Lipinski definition) is 1. The van der Waals surface area contributed by atoms with Gasteiger partial charge in [0.25, 0.3) is 0 Å². The second-order valence-electron chi connectivity index (χ2n) is 3.49. The fourth-order valence-electron chi connectivity index (χ4n) is 1.37. The van der Waals surface area contributed by atoms with Gasteiger partial charge in [0.15, 0.2) is 0 Å². The summed E-state index contributed by atoms with van der Waals surface area (Å²) in [5.41, 5.74) is 3.25. The molecule has 2 aromatic heterocycles. The van der Waals surface area contributed by atoms with Crippen LogP contribution in [0.5, 0.6) is 0 Å². The first-order chi connectivity index (χ1) is 7.75. The van der Waals surface area contributed by atoms with E-state index >= 15 is 0 Å². The molecule has 2 rings (SSSR count). The summed E-state index contributed by atoms with van der Waals surface area (Å²) >= 11 is 3.30. The van der Waals surface area contributed by atoms with Gasteiger partial charge in [-0.15, -0.1) is 0 Å². The number of anilines is 1. The third-order valence-electron chi connectivity index (χ3n) is 2.31. The Balaban J connectivity index is 2.02. The van der Waals surface area contributed by atoms with E-state index in [4.69, 9.17) is 0 Å². The number of nitrogens with one attached hydrogen (secondary N) is 1. The maximum atomic E-state index is 4.32. The van der Waals surface area contributed by atoms with Crippen LogP contribution in [-0.4, -0.2) is 9.97 Å². The smallest absolute Gasteiger partial charge is 0.106 e. The molecular weight excluding hydrogens is 266 g/mol. The van der Waals surface area contributed by atoms with Crippen molar-refractivity contribution < 1.29 is 0 Å². The Morgan fingerprint density at radius 2 is 2.12 bits per heavy atom. The Morgan fingerprint density at radius 1 is 1.25 bits per heavy atom. The van der Waals surface area contributed by atoms with Crippen LogP contribution in [0, 0.1) is 6.92 Å². The lowest BCUT2D eigenvalue weighted by molar-refractivity contribution is 1.01. The van der Waals surface area contributed by atoms with Crippen LogP contribution in [0.2, 0.25) is 0 Å². The van der Waals surface area contributed by atoms with Crippen LogP contribution in [0.3, 0.4) is 0 Å². The van der Waals surface area contributed by atoms with Gasteiger partial charge in [-0.2, -0.15) is 0 Å². The van der Waals surface area contributed by atoms with Crippen molar-refractivity contribution >= 4 is 21.6 Å². The molecule has 0 aliphatic rings. The van der Waals surface area contributed by atoms with Crippen LogP contribution in [-0.2, 0) is 6.54 Å². The minimum atomic E-state index is 0.718. The number of aromatic nitrogens is 2. The Hall–Kier alpha value is -1.42. The summed E-state index contributed by atoms with van der Waals surface area (Å²) in [6.07, 6.45) is 3.60. The molecule has 0 amide bonds. The maximum Gasteiger partial charge on any atom is 0.106 e. The predicted molar refractivity (Wildman–Crippen MR) is 68.2 cm³/mol. The lowest BCUT2D eigenvalue weighted by Gasteiger charge is -2.07. The van der Waals surface area contributed by atoms with Crippen molar-refractivity contribution in [2.45, 2.75) is 13.5 Å². The Bertz CT molecular complexity index is 468. The summed E-state index contributed by atoms with van der Waals surface area (Å²) < 4.78 is 0.840. The molecule has 0 radical (unpaired) electrons. The Kier molecular flexibility index (Phi) is 3.51. The average Bonchev–Trinajstić information content (AvgIpc) is 2.30. The SMILES string of the molecule is Cc1cccnc1CNc1ccc(Br)nc1. The summed E-state index contributed by atoms with van der Waals surface area (Å²) in [6, 6.07) is 7.90. The minimum Gasteiger partial charge on any atom is -0.378 e. The molecular formula is C12H12BrN3. The van der Waals surface area contributed by atoms with Crippen LogP contribution in [0.15, 0.2) is 41.3 Å². The van der Waals surface area contributed by atoms with Crippen molar-refractivity contribution in [2.75, 3.05) is 5.32 Å². The molecule has 0 fully saturated rings. The van der Waals surface area contributed by atoms with Crippen LogP contribution in [0.25, 0.3) is 0 Å². The van der Waals surface area contributed by atoms with Crippen molar-refractivity contribution in [1.82, 2.24) is 9.97 Å². The molecule has 0 atom stereocenters. The van der Waals surface area contributed by atoms with Crippen LogP contribution in [0.1, 0.15) is 11.3 Å². The highest BCUT2D eigenvalue weighted by Gasteiger charge is 1.98. The summed E-state index contributed by atoms with van der Waals surface area (Å²) in [5.74, 6) is 0. The van der Waals surface area contributed by atoms with Crippen LogP contribution < -0.4 is 5.32 Å². The summed E-state index contributed by atoms with van der Waals surface area (Å²) in [4.78, 5) is 8.47. The minimum absolute atomic E-state index is 0.718. The second-order valence-corrected chi connectivity index (χ2v) is 4.30. The molecule has 4 heteroatoms. The predicted octanol–water partition coefficient (Wildman–Crippen LogP) is 3.16. The third-order valence-corrected chi connectivity index (χ3v) is 2.77. The van der Waals surface area contributed by atoms with E-state index in [0.29, 0.717) is 0 Å². The first-order valence-corrected chi connectivity index (χ1v) is 5.81. The largest absolute Gasteiger partial charge is 0.378 e. The lowest BCUT2D eigenvalue weighted by Crippen LogP contribution is -2.03. The first-order valence-electron chi connectivity index (χ1n) is 5.01. The van der Waals surface area contributed by atoms with Crippen molar-refractivity contribution in [3.8, 4) is 0 Å². The van der Waals surface area contributed by atoms with Gasteiger partial charge in [0, 0.05) is 6.20 Å². The van der Waals surface area contributed by atoms with Crippen LogP contribution >= 0.6 is 15.9 Å². The van der Waals surface area contributed by atoms with Gasteiger partial charge in [-0.1, -0.05) is 6.07 Å². The van der Waals surface area contributed by atoms with Gasteiger partial charge < -0.3 is 5.32 Å². The van der Waals surface area contributed by atoms with E-state index in [-0.39, 0.29) is 0 Å². The van der Waals surface area contributed by atoms with E-state index < -0.39 is 0 Å². The van der Waals surface area contributed by atoms with Crippen molar-refractivity contribution in [3.05, 3.63) is 52.5 Å². The monoisotopic (exact) mass is 277 g/mol. The summed E-state index contributed by atoms with van der Waals surface area (Å²) in [6.45, 7) is 2.78. The van der Waals surface area contributed by atoms with E-state index in [9.17, 15) is 0 Å². The zero-order chi connectivity index (χ0) is 11.4. The quantitative estimate of drug-likeness (QED) is 0.876. The zero-order valence-corrected chi connectivity index (χ0v) is 10.5. The Morgan fingerprint density at radius 3 is 2.81 bits per heavy atom. The van der Waals surface area contributed by atoms with Gasteiger partial charge in [-0.3, -0.25) is 4.98 Å². The first kappa shape index (κ1) is 11.1. The van der Waals surface area contributed by atoms with E-state index in [2.05, 4.69) is 44.2 Å². The van der Waals surface area contributed by atoms with Crippen molar-refractivity contribution in [3.63, 3.8) is 0 Å². The molecule has 0 aliphatic carbocycles. The number of hydrogen-bond acceptors (Lipinski definition) is 3. The molecule has 1 N–H and O–H groups in total. The molecule has 3 nitrogen and oxygen atoms in total. The summed E-state index contributed by atoms with van der Waals surface area (Å²) in [5, 5.41) is 3.28. The highest BCUT2D eigenvalue weighted by atomic mass is 79.9. The van der Waals surface area contributed by atoms with Crippen molar-refractivity contribution in [1.29, 1.82) is 0 Å². The molecule has 0 unspecified atom stereocenters. The molecule has 16 heavy (non-hydrogen) atoms. The lowest BCUT2D eigenvalue weighted by atomic mass is 10.2. The second kappa shape index (κ2) is 5.07. The fourth-order valence-corrected chi connectivity index (χ4v) is 1.60. The molecule has 2 heterocycles. The van der Waals surface area contributed by atoms with E-state index in [1.165, 1.54) is 5.56 Å². The van der Waals surface area contributed by atoms with Gasteiger partial charge in [-0.05, 0) is 46.6 Å². The average molecular weight is 278 g/mol. The fraction of sp³-hybridized carbons (Fsp3) is 0.167. The molecule has 82 valence electrons. The van der Waals surface area contributed by atoms with Crippen molar-refractivity contribution in [2.24, 2.45) is 0 Å². The zero-order valence-electron chi connectivity index (χ0n) is 8.94. The van der Waals surface area contributed by atoms with E-state index in [1.54, 1.807) is 6.20 Å². The van der Waals surface area contributed by atoms with Gasteiger partial charge in [0.05, 0.1) is 24.1 Å². The van der Waals surface area contributed by atoms with Gasteiger partial charge in [-0.25, -0.2) is 4.98 Å². The number of pyridine rings is 2. The molecule has 0 bridgehead atoms. The normalized spacial score (nSPS) is 10.1. The topological polar surface area (TPSA) is 37.8 Å². The third kappa shape index (κ3) is 2.79. The number of halogens is 1. The number of aryl methyl sites for hydroxylation is 1. The standard InChI is InChI=1S/C12H12BrN3/c1-9-3-2-6-14-11(9)8-15-10-4-5-12(13)16-7-10/h2-7,15H,8H2,1H3. The highest BCUT2D eigenvalue weighted by Crippen LogP contribution is 2.12. The van der Waals surface area contributed by atoms with Gasteiger partial charge in [0.2, 0.25) is 0 Å². The van der Waals surface area contributed by atoms with Gasteiger partial charge in [0.1, 0.15) is 4.60 Å². The molecule has 0 saturated carbocycles.